The molecule has 1 aromatic heterocycles. The number of amides is 2. The van der Waals surface area contributed by atoms with Crippen LogP contribution in [-0.4, -0.2) is 35.1 Å². The van der Waals surface area contributed by atoms with Crippen LogP contribution in [0.4, 0.5) is 5.13 Å². The van der Waals surface area contributed by atoms with Crippen molar-refractivity contribution in [3.63, 3.8) is 0 Å². The van der Waals surface area contributed by atoms with Crippen LogP contribution < -0.4 is 10.2 Å². The lowest BCUT2D eigenvalue weighted by Gasteiger charge is -2.21. The summed E-state index contributed by atoms with van der Waals surface area (Å²) in [6.07, 6.45) is 7.92. The molecule has 0 aromatic carbocycles. The number of anilines is 1. The second-order valence-electron chi connectivity index (χ2n) is 7.57. The van der Waals surface area contributed by atoms with E-state index in [1.54, 1.807) is 4.90 Å². The van der Waals surface area contributed by atoms with Crippen LogP contribution >= 0.6 is 11.3 Å². The van der Waals surface area contributed by atoms with Crippen LogP contribution in [0.3, 0.4) is 0 Å². The Morgan fingerprint density at radius 3 is 2.72 bits per heavy atom. The molecule has 25 heavy (non-hydrogen) atoms. The Bertz CT molecular complexity index is 610. The van der Waals surface area contributed by atoms with Crippen LogP contribution in [-0.2, 0) is 9.59 Å². The van der Waals surface area contributed by atoms with Crippen molar-refractivity contribution in [2.24, 2.45) is 11.8 Å². The molecule has 0 bridgehead atoms. The fraction of sp³-hybridized carbons (Fsp3) is 0.778. The quantitative estimate of drug-likeness (QED) is 0.841. The molecule has 2 fully saturated rings. The smallest absolute Gasteiger partial charge is 0.229 e. The minimum absolute atomic E-state index is 0.000239. The summed E-state index contributed by atoms with van der Waals surface area (Å²) in [7, 11) is 0. The first kappa shape index (κ1) is 18.3. The molecule has 2 aliphatic rings. The Hall–Kier alpha value is -1.50. The second kappa shape index (κ2) is 8.25. The van der Waals surface area contributed by atoms with E-state index in [-0.39, 0.29) is 24.2 Å². The van der Waals surface area contributed by atoms with Crippen molar-refractivity contribution in [3.8, 4) is 0 Å². The average molecular weight is 365 g/mol. The Morgan fingerprint density at radius 2 is 2.04 bits per heavy atom. The molecule has 1 aliphatic heterocycles. The molecule has 1 unspecified atom stereocenters. The van der Waals surface area contributed by atoms with Gasteiger partial charge in [0, 0.05) is 25.4 Å². The second-order valence-corrected chi connectivity index (χ2v) is 8.55. The number of carbonyl (C=O) groups is 2. The third-order valence-electron chi connectivity index (χ3n) is 5.23. The number of rotatable bonds is 6. The van der Waals surface area contributed by atoms with E-state index in [0.29, 0.717) is 17.6 Å². The van der Waals surface area contributed by atoms with Gasteiger partial charge in [-0.15, -0.1) is 10.2 Å². The van der Waals surface area contributed by atoms with Crippen molar-refractivity contribution in [2.75, 3.05) is 18.0 Å². The van der Waals surface area contributed by atoms with Crippen molar-refractivity contribution < 1.29 is 9.59 Å². The Kier molecular flexibility index (Phi) is 6.04. The maximum absolute atomic E-state index is 12.4. The van der Waals surface area contributed by atoms with E-state index in [1.165, 1.54) is 43.4 Å². The van der Waals surface area contributed by atoms with Gasteiger partial charge >= 0.3 is 0 Å². The highest BCUT2D eigenvalue weighted by molar-refractivity contribution is 7.15. The maximum Gasteiger partial charge on any atom is 0.229 e. The number of nitrogens with one attached hydrogen (secondary N) is 1. The third kappa shape index (κ3) is 4.57. The van der Waals surface area contributed by atoms with Crippen LogP contribution in [0, 0.1) is 11.8 Å². The minimum atomic E-state index is -0.273. The van der Waals surface area contributed by atoms with Crippen LogP contribution in [0.1, 0.15) is 69.7 Å². The largest absolute Gasteiger partial charge is 0.356 e. The predicted octanol–water partition coefficient (Wildman–Crippen LogP) is 3.10. The zero-order chi connectivity index (χ0) is 17.8. The lowest BCUT2D eigenvalue weighted by Crippen LogP contribution is -2.34. The SMILES string of the molecule is CC(C)c1nnc(N2CC(C(=O)NCCC3CCCCC3)CC2=O)s1. The maximum atomic E-state index is 12.4. The summed E-state index contributed by atoms with van der Waals surface area (Å²) >= 11 is 1.44. The summed E-state index contributed by atoms with van der Waals surface area (Å²) < 4.78 is 0. The fourth-order valence-corrected chi connectivity index (χ4v) is 4.53. The molecular formula is C18H28N4O2S. The van der Waals surface area contributed by atoms with E-state index in [4.69, 9.17) is 0 Å². The molecule has 1 saturated carbocycles. The summed E-state index contributed by atoms with van der Waals surface area (Å²) in [5.74, 6) is 0.749. The van der Waals surface area contributed by atoms with E-state index < -0.39 is 0 Å². The molecule has 2 heterocycles. The normalized spacial score (nSPS) is 22.0. The van der Waals surface area contributed by atoms with E-state index in [0.717, 1.165) is 23.9 Å². The molecule has 7 heteroatoms. The van der Waals surface area contributed by atoms with Gasteiger partial charge in [-0.2, -0.15) is 0 Å². The standard InChI is InChI=1S/C18H28N4O2S/c1-12(2)17-20-21-18(25-17)22-11-14(10-15(22)23)16(24)19-9-8-13-6-4-3-5-7-13/h12-14H,3-11H2,1-2H3,(H,19,24). The molecule has 0 radical (unpaired) electrons. The van der Waals surface area contributed by atoms with Gasteiger partial charge in [0.15, 0.2) is 0 Å². The van der Waals surface area contributed by atoms with Crippen molar-refractivity contribution in [3.05, 3.63) is 5.01 Å². The van der Waals surface area contributed by atoms with Crippen molar-refractivity contribution in [2.45, 2.75) is 64.7 Å². The van der Waals surface area contributed by atoms with E-state index in [9.17, 15) is 9.59 Å². The summed E-state index contributed by atoms with van der Waals surface area (Å²) in [5.41, 5.74) is 0. The van der Waals surface area contributed by atoms with Crippen molar-refractivity contribution in [1.82, 2.24) is 15.5 Å². The molecule has 6 nitrogen and oxygen atoms in total. The van der Waals surface area contributed by atoms with Gasteiger partial charge in [0.25, 0.3) is 0 Å². The Labute approximate surface area is 153 Å². The Morgan fingerprint density at radius 1 is 1.28 bits per heavy atom. The number of hydrogen-bond donors (Lipinski definition) is 1. The zero-order valence-corrected chi connectivity index (χ0v) is 16.0. The number of nitrogens with zero attached hydrogens (tertiary/aromatic N) is 3. The van der Waals surface area contributed by atoms with Gasteiger partial charge in [-0.25, -0.2) is 0 Å². The highest BCUT2D eigenvalue weighted by Gasteiger charge is 2.36. The first-order valence-electron chi connectivity index (χ1n) is 9.46. The minimum Gasteiger partial charge on any atom is -0.356 e. The first-order chi connectivity index (χ1) is 12.0. The molecule has 1 aliphatic carbocycles. The van der Waals surface area contributed by atoms with Crippen LogP contribution in [0.2, 0.25) is 0 Å². The van der Waals surface area contributed by atoms with Gasteiger partial charge in [0.2, 0.25) is 16.9 Å². The number of hydrogen-bond acceptors (Lipinski definition) is 5. The van der Waals surface area contributed by atoms with Crippen LogP contribution in [0.25, 0.3) is 0 Å². The first-order valence-corrected chi connectivity index (χ1v) is 10.3. The summed E-state index contributed by atoms with van der Waals surface area (Å²) in [4.78, 5) is 26.3. The molecule has 1 aromatic rings. The monoisotopic (exact) mass is 364 g/mol. The molecule has 2 amide bonds. The highest BCUT2D eigenvalue weighted by atomic mass is 32.1. The molecule has 138 valence electrons. The number of aromatic nitrogens is 2. The van der Waals surface area contributed by atoms with E-state index >= 15 is 0 Å². The lowest BCUT2D eigenvalue weighted by atomic mass is 9.87. The molecule has 3 rings (SSSR count). The van der Waals surface area contributed by atoms with Gasteiger partial charge in [-0.05, 0) is 12.3 Å². The Balaban J connectivity index is 1.48. The predicted molar refractivity (Wildman–Crippen MR) is 98.7 cm³/mol. The zero-order valence-electron chi connectivity index (χ0n) is 15.2. The van der Waals surface area contributed by atoms with Crippen molar-refractivity contribution >= 4 is 28.3 Å². The number of carbonyl (C=O) groups excluding carboxylic acids is 2. The van der Waals surface area contributed by atoms with Gasteiger partial charge in [-0.1, -0.05) is 57.3 Å². The van der Waals surface area contributed by atoms with Gasteiger partial charge in [0.05, 0.1) is 5.92 Å². The molecular weight excluding hydrogens is 336 g/mol. The van der Waals surface area contributed by atoms with E-state index in [2.05, 4.69) is 29.4 Å². The van der Waals surface area contributed by atoms with Gasteiger partial charge < -0.3 is 5.32 Å². The average Bonchev–Trinajstić information content (AvgIpc) is 3.22. The van der Waals surface area contributed by atoms with Crippen LogP contribution in [0.15, 0.2) is 0 Å². The van der Waals surface area contributed by atoms with Crippen molar-refractivity contribution in [1.29, 1.82) is 0 Å². The molecule has 1 atom stereocenters. The third-order valence-corrected chi connectivity index (χ3v) is 6.47. The summed E-state index contributed by atoms with van der Waals surface area (Å²) in [6.45, 7) is 5.25. The van der Waals surface area contributed by atoms with E-state index in [1.807, 2.05) is 0 Å². The molecule has 0 spiro atoms. The molecule has 1 N–H and O–H groups in total. The topological polar surface area (TPSA) is 75.2 Å². The lowest BCUT2D eigenvalue weighted by molar-refractivity contribution is -0.126. The summed E-state index contributed by atoms with van der Waals surface area (Å²) in [5, 5.41) is 12.8. The molecule has 1 saturated heterocycles. The van der Waals surface area contributed by atoms with Crippen LogP contribution in [0.5, 0.6) is 0 Å². The van der Waals surface area contributed by atoms with Gasteiger partial charge in [-0.3, -0.25) is 14.5 Å². The highest BCUT2D eigenvalue weighted by Crippen LogP contribution is 2.30. The van der Waals surface area contributed by atoms with Gasteiger partial charge in [0.1, 0.15) is 5.01 Å². The summed E-state index contributed by atoms with van der Waals surface area (Å²) in [6, 6.07) is 0. The fourth-order valence-electron chi connectivity index (χ4n) is 3.66.